The van der Waals surface area contributed by atoms with E-state index in [1.807, 2.05) is 5.32 Å². The number of rotatable bonds is 6. The van der Waals surface area contributed by atoms with Gasteiger partial charge >= 0.3 is 6.18 Å². The van der Waals surface area contributed by atoms with Gasteiger partial charge in [-0.1, -0.05) is 6.92 Å². The first-order valence-electron chi connectivity index (χ1n) is 8.71. The third kappa shape index (κ3) is 4.44. The molecule has 3 rings (SSSR count). The number of halogens is 4. The van der Waals surface area contributed by atoms with E-state index >= 15 is 0 Å². The van der Waals surface area contributed by atoms with Crippen molar-refractivity contribution in [1.82, 2.24) is 25.3 Å². The van der Waals surface area contributed by atoms with E-state index in [-0.39, 0.29) is 20.9 Å². The van der Waals surface area contributed by atoms with Gasteiger partial charge < -0.3 is 15.6 Å². The first-order valence-corrected chi connectivity index (χ1v) is 8.71. The second-order valence-corrected chi connectivity index (χ2v) is 6.60. The lowest BCUT2D eigenvalue weighted by molar-refractivity contribution is -0.140. The number of carbonyl (C=O) groups is 1. The summed E-state index contributed by atoms with van der Waals surface area (Å²) in [6.45, 7) is 1.48. The molecule has 1 atom stereocenters. The number of aromatic nitrogens is 4. The summed E-state index contributed by atoms with van der Waals surface area (Å²) in [6.07, 6.45) is -0.311. The van der Waals surface area contributed by atoms with Gasteiger partial charge in [-0.3, -0.25) is 4.79 Å². The van der Waals surface area contributed by atoms with Crippen molar-refractivity contribution in [2.45, 2.75) is 32.0 Å². The van der Waals surface area contributed by atoms with Gasteiger partial charge in [0.25, 0.3) is 0 Å². The van der Waals surface area contributed by atoms with Crippen LogP contribution in [0.1, 0.15) is 23.1 Å². The van der Waals surface area contributed by atoms with Gasteiger partial charge in [-0.25, -0.2) is 19.3 Å². The van der Waals surface area contributed by atoms with Gasteiger partial charge in [0, 0.05) is 26.2 Å². The van der Waals surface area contributed by atoms with E-state index in [4.69, 9.17) is 0 Å². The van der Waals surface area contributed by atoms with Gasteiger partial charge in [0.15, 0.2) is 17.5 Å². The first kappa shape index (κ1) is 20.5. The van der Waals surface area contributed by atoms with E-state index in [2.05, 4.69) is 25.3 Å². The summed E-state index contributed by atoms with van der Waals surface area (Å²) >= 11 is 0. The molecule has 0 aliphatic rings. The maximum absolute atomic E-state index is 14.3. The molecule has 0 aromatic carbocycles. The fourth-order valence-corrected chi connectivity index (χ4v) is 2.67. The van der Waals surface area contributed by atoms with E-state index in [9.17, 15) is 22.4 Å². The standard InChI is InChI=1S/C18H18F4N6O.2H2/c1-3-17(2,16(29)26-9-18(20,21)22)28-15-12(19)8-25-14(27-15)11-7-24-13-10(11)5-4-6-23-13;;/h4-8H,3,9H2,1-2H3,(H,23,24)(H,26,29)(H,25,27,28);2*1H/t17-;;/m0../s1. The highest BCUT2D eigenvalue weighted by molar-refractivity contribution is 5.92. The van der Waals surface area contributed by atoms with Crippen molar-refractivity contribution in [1.29, 1.82) is 0 Å². The molecule has 0 spiro atoms. The van der Waals surface area contributed by atoms with Crippen molar-refractivity contribution in [3.8, 4) is 11.4 Å². The highest BCUT2D eigenvalue weighted by Gasteiger charge is 2.36. The Morgan fingerprint density at radius 1 is 1.31 bits per heavy atom. The lowest BCUT2D eigenvalue weighted by Gasteiger charge is -2.29. The Balaban J connectivity index is 0.00000240. The second-order valence-electron chi connectivity index (χ2n) is 6.60. The predicted molar refractivity (Wildman–Crippen MR) is 103 cm³/mol. The molecule has 0 bridgehead atoms. The van der Waals surface area contributed by atoms with E-state index in [1.165, 1.54) is 6.92 Å². The summed E-state index contributed by atoms with van der Waals surface area (Å²) in [4.78, 5) is 27.5. The van der Waals surface area contributed by atoms with Crippen LogP contribution in [0.5, 0.6) is 0 Å². The molecule has 0 fully saturated rings. The van der Waals surface area contributed by atoms with E-state index in [1.54, 1.807) is 31.5 Å². The van der Waals surface area contributed by atoms with Gasteiger partial charge in [-0.15, -0.1) is 0 Å². The van der Waals surface area contributed by atoms with Crippen LogP contribution in [0.15, 0.2) is 30.7 Å². The lowest BCUT2D eigenvalue weighted by atomic mass is 9.97. The van der Waals surface area contributed by atoms with Crippen molar-refractivity contribution >= 4 is 22.8 Å². The molecule has 0 saturated heterocycles. The molecule has 0 saturated carbocycles. The minimum absolute atomic E-state index is 0. The molecule has 3 aromatic heterocycles. The zero-order valence-corrected chi connectivity index (χ0v) is 15.6. The summed E-state index contributed by atoms with van der Waals surface area (Å²) < 4.78 is 51.6. The molecule has 11 heteroatoms. The van der Waals surface area contributed by atoms with Crippen molar-refractivity contribution in [3.05, 3.63) is 36.5 Å². The Kier molecular flexibility index (Phi) is 5.40. The SMILES string of the molecule is CC[C@](C)(Nc1nc(-c2c[nH]c3ncccc23)ncc1F)C(=O)NCC(F)(F)F.[HH].[HH]. The van der Waals surface area contributed by atoms with Crippen LogP contribution in [0.25, 0.3) is 22.4 Å². The van der Waals surface area contributed by atoms with Crippen LogP contribution in [-0.2, 0) is 4.79 Å². The lowest BCUT2D eigenvalue weighted by Crippen LogP contribution is -2.52. The molecular formula is C18H22F4N6O. The molecule has 0 radical (unpaired) electrons. The fourth-order valence-electron chi connectivity index (χ4n) is 2.67. The molecule has 0 aliphatic heterocycles. The first-order chi connectivity index (χ1) is 13.6. The molecule has 158 valence electrons. The molecule has 3 aromatic rings. The topological polar surface area (TPSA) is 95.6 Å². The number of H-pyrrole nitrogens is 1. The van der Waals surface area contributed by atoms with E-state index < -0.39 is 30.0 Å². The number of pyridine rings is 1. The molecule has 0 unspecified atom stereocenters. The van der Waals surface area contributed by atoms with Crippen LogP contribution < -0.4 is 10.6 Å². The monoisotopic (exact) mass is 414 g/mol. The summed E-state index contributed by atoms with van der Waals surface area (Å²) in [5.41, 5.74) is -0.356. The highest BCUT2D eigenvalue weighted by atomic mass is 19.4. The number of hydrogen-bond donors (Lipinski definition) is 3. The summed E-state index contributed by atoms with van der Waals surface area (Å²) in [5.74, 6) is -1.88. The predicted octanol–water partition coefficient (Wildman–Crippen LogP) is 3.91. The number of nitrogens with zero attached hydrogens (tertiary/aromatic N) is 3. The van der Waals surface area contributed by atoms with Crippen LogP contribution in [0, 0.1) is 5.82 Å². The molecule has 3 heterocycles. The van der Waals surface area contributed by atoms with Crippen LogP contribution >= 0.6 is 0 Å². The van der Waals surface area contributed by atoms with E-state index in [0.29, 0.717) is 16.6 Å². The smallest absolute Gasteiger partial charge is 0.354 e. The number of hydrogen-bond acceptors (Lipinski definition) is 5. The number of fused-ring (bicyclic) bond motifs is 1. The Hall–Kier alpha value is -3.24. The van der Waals surface area contributed by atoms with Crippen molar-refractivity contribution in [3.63, 3.8) is 0 Å². The van der Waals surface area contributed by atoms with Gasteiger partial charge in [0.05, 0.1) is 6.20 Å². The maximum Gasteiger partial charge on any atom is 0.405 e. The minimum atomic E-state index is -4.55. The second kappa shape index (κ2) is 7.64. The third-order valence-corrected chi connectivity index (χ3v) is 4.49. The number of carbonyl (C=O) groups excluding carboxylic acids is 1. The average molecular weight is 414 g/mol. The normalized spacial score (nSPS) is 13.9. The molecule has 29 heavy (non-hydrogen) atoms. The van der Waals surface area contributed by atoms with E-state index in [0.717, 1.165) is 6.20 Å². The van der Waals surface area contributed by atoms with Crippen molar-refractivity contribution in [2.75, 3.05) is 11.9 Å². The van der Waals surface area contributed by atoms with Crippen LogP contribution in [0.2, 0.25) is 0 Å². The molecular weight excluding hydrogens is 392 g/mol. The van der Waals surface area contributed by atoms with Gasteiger partial charge in [0.1, 0.15) is 17.7 Å². The fraction of sp³-hybridized carbons (Fsp3) is 0.333. The minimum Gasteiger partial charge on any atom is -0.354 e. The largest absolute Gasteiger partial charge is 0.405 e. The Morgan fingerprint density at radius 2 is 2.07 bits per heavy atom. The Bertz CT molecular complexity index is 1050. The van der Waals surface area contributed by atoms with Crippen LogP contribution in [0.3, 0.4) is 0 Å². The zero-order chi connectivity index (χ0) is 21.2. The van der Waals surface area contributed by atoms with Crippen molar-refractivity contribution in [2.24, 2.45) is 0 Å². The third-order valence-electron chi connectivity index (χ3n) is 4.49. The number of nitrogens with one attached hydrogen (secondary N) is 3. The summed E-state index contributed by atoms with van der Waals surface area (Å²) in [6, 6.07) is 3.51. The van der Waals surface area contributed by atoms with Crippen molar-refractivity contribution < 1.29 is 25.2 Å². The quantitative estimate of drug-likeness (QED) is 0.532. The zero-order valence-electron chi connectivity index (χ0n) is 15.6. The number of aromatic amines is 1. The Morgan fingerprint density at radius 3 is 2.76 bits per heavy atom. The number of anilines is 1. The molecule has 0 aliphatic carbocycles. The average Bonchev–Trinajstić information content (AvgIpc) is 3.11. The van der Waals surface area contributed by atoms with Crippen LogP contribution in [-0.4, -0.2) is 44.1 Å². The van der Waals surface area contributed by atoms with Crippen LogP contribution in [0.4, 0.5) is 23.4 Å². The van der Waals surface area contributed by atoms with Gasteiger partial charge in [0.2, 0.25) is 5.91 Å². The van der Waals surface area contributed by atoms with Gasteiger partial charge in [-0.2, -0.15) is 13.2 Å². The maximum atomic E-state index is 14.3. The number of alkyl halides is 3. The molecule has 7 nitrogen and oxygen atoms in total. The number of amides is 1. The highest BCUT2D eigenvalue weighted by Crippen LogP contribution is 2.27. The Labute approximate surface area is 165 Å². The molecule has 3 N–H and O–H groups in total. The van der Waals surface area contributed by atoms with Gasteiger partial charge in [-0.05, 0) is 25.5 Å². The molecule has 1 amide bonds. The summed E-state index contributed by atoms with van der Waals surface area (Å²) in [7, 11) is 0. The summed E-state index contributed by atoms with van der Waals surface area (Å²) in [5, 5.41) is 5.16.